The van der Waals surface area contributed by atoms with Crippen LogP contribution >= 0.6 is 11.8 Å². The number of carbonyl (C=O) groups excluding carboxylic acids is 1. The highest BCUT2D eigenvalue weighted by molar-refractivity contribution is 8.05. The van der Waals surface area contributed by atoms with Crippen LogP contribution < -0.4 is 5.32 Å². The third-order valence-corrected chi connectivity index (χ3v) is 4.45. The molecule has 21 heavy (non-hydrogen) atoms. The molecule has 2 rings (SSSR count). The fourth-order valence-corrected chi connectivity index (χ4v) is 3.34. The lowest BCUT2D eigenvalue weighted by atomic mass is 9.98. The van der Waals surface area contributed by atoms with Gasteiger partial charge in [0.15, 0.2) is 5.78 Å². The van der Waals surface area contributed by atoms with Crippen molar-refractivity contribution in [2.24, 2.45) is 0 Å². The van der Waals surface area contributed by atoms with Gasteiger partial charge in [-0.3, -0.25) is 4.79 Å². The molecule has 1 aromatic rings. The molecule has 1 aromatic carbocycles. The van der Waals surface area contributed by atoms with Crippen LogP contribution in [0.25, 0.3) is 5.57 Å². The highest BCUT2D eigenvalue weighted by atomic mass is 32.2. The van der Waals surface area contributed by atoms with Gasteiger partial charge in [-0.2, -0.15) is 13.2 Å². The summed E-state index contributed by atoms with van der Waals surface area (Å²) >= 11 is 1.33. The monoisotopic (exact) mass is 313 g/mol. The molecule has 0 spiro atoms. The van der Waals surface area contributed by atoms with Gasteiger partial charge in [-0.05, 0) is 24.1 Å². The maximum atomic E-state index is 12.8. The van der Waals surface area contributed by atoms with Crippen molar-refractivity contribution < 1.29 is 18.0 Å². The predicted octanol–water partition coefficient (Wildman–Crippen LogP) is 3.85. The normalized spacial score (nSPS) is 19.0. The van der Waals surface area contributed by atoms with Crippen LogP contribution in [0.1, 0.15) is 17.5 Å². The zero-order chi connectivity index (χ0) is 15.6. The van der Waals surface area contributed by atoms with Gasteiger partial charge >= 0.3 is 6.18 Å². The van der Waals surface area contributed by atoms with Crippen LogP contribution in [0, 0.1) is 0 Å². The Kier molecular flexibility index (Phi) is 4.46. The lowest BCUT2D eigenvalue weighted by Gasteiger charge is -2.10. The van der Waals surface area contributed by atoms with Gasteiger partial charge in [-0.25, -0.2) is 0 Å². The summed E-state index contributed by atoms with van der Waals surface area (Å²) in [5.74, 6) is -0.163. The average molecular weight is 313 g/mol. The van der Waals surface area contributed by atoms with Crippen molar-refractivity contribution in [1.82, 2.24) is 5.32 Å². The molecule has 1 aliphatic heterocycles. The first kappa shape index (κ1) is 15.7. The van der Waals surface area contributed by atoms with Crippen LogP contribution in [-0.2, 0) is 11.0 Å². The molecule has 0 aliphatic carbocycles. The number of allylic oxidation sites excluding steroid dienone is 2. The summed E-state index contributed by atoms with van der Waals surface area (Å²) in [7, 11) is 1.65. The molecule has 0 fully saturated rings. The Morgan fingerprint density at radius 2 is 2.14 bits per heavy atom. The minimum absolute atomic E-state index is 0.163. The van der Waals surface area contributed by atoms with Crippen LogP contribution in [0.5, 0.6) is 0 Å². The van der Waals surface area contributed by atoms with Gasteiger partial charge in [0.25, 0.3) is 0 Å². The predicted molar refractivity (Wildman–Crippen MR) is 78.6 cm³/mol. The van der Waals surface area contributed by atoms with Crippen molar-refractivity contribution in [2.45, 2.75) is 17.8 Å². The zero-order valence-electron chi connectivity index (χ0n) is 11.3. The number of carbonyl (C=O) groups is 1. The Morgan fingerprint density at radius 3 is 2.71 bits per heavy atom. The first-order valence-corrected chi connectivity index (χ1v) is 7.18. The van der Waals surface area contributed by atoms with Crippen LogP contribution in [-0.4, -0.2) is 18.1 Å². The van der Waals surface area contributed by atoms with Crippen LogP contribution in [0.15, 0.2) is 41.9 Å². The first-order chi connectivity index (χ1) is 9.88. The van der Waals surface area contributed by atoms with Crippen LogP contribution in [0.3, 0.4) is 0 Å². The molecule has 0 amide bonds. The van der Waals surface area contributed by atoms with Gasteiger partial charge in [-0.15, -0.1) is 6.58 Å². The summed E-state index contributed by atoms with van der Waals surface area (Å²) in [4.78, 5) is 12.4. The lowest BCUT2D eigenvalue weighted by Crippen LogP contribution is -2.13. The molecule has 0 radical (unpaired) electrons. The minimum atomic E-state index is -4.42. The second kappa shape index (κ2) is 5.97. The molecule has 1 unspecified atom stereocenters. The molecule has 6 heteroatoms. The number of alkyl halides is 3. The molecule has 0 bridgehead atoms. The summed E-state index contributed by atoms with van der Waals surface area (Å²) < 4.78 is 38.4. The minimum Gasteiger partial charge on any atom is -0.382 e. The largest absolute Gasteiger partial charge is 0.416 e. The van der Waals surface area contributed by atoms with E-state index < -0.39 is 11.7 Å². The summed E-state index contributed by atoms with van der Waals surface area (Å²) in [6, 6.07) is 4.85. The third-order valence-electron chi connectivity index (χ3n) is 3.11. The van der Waals surface area contributed by atoms with E-state index in [2.05, 4.69) is 11.9 Å². The van der Waals surface area contributed by atoms with E-state index >= 15 is 0 Å². The Balaban J connectivity index is 2.44. The smallest absolute Gasteiger partial charge is 0.382 e. The van der Waals surface area contributed by atoms with E-state index in [-0.39, 0.29) is 11.0 Å². The number of halogens is 3. The maximum Gasteiger partial charge on any atom is 0.416 e. The van der Waals surface area contributed by atoms with E-state index in [0.29, 0.717) is 22.6 Å². The Hall–Kier alpha value is -1.69. The Morgan fingerprint density at radius 1 is 1.43 bits per heavy atom. The SMILES string of the molecule is C=CCC1SC(NC)=C(c2cccc(C(F)(F)F)c2)C1=O. The van der Waals surface area contributed by atoms with E-state index in [4.69, 9.17) is 0 Å². The number of ketones is 1. The molecule has 0 aromatic heterocycles. The van der Waals surface area contributed by atoms with E-state index in [1.54, 1.807) is 13.1 Å². The standard InChI is InChI=1S/C15H14F3NOS/c1-3-5-11-13(20)12(14(19-2)21-11)9-6-4-7-10(8-9)15(16,17)18/h3-4,6-8,11,19H,1,5H2,2H3. The quantitative estimate of drug-likeness (QED) is 0.856. The van der Waals surface area contributed by atoms with Crippen molar-refractivity contribution >= 4 is 23.1 Å². The summed E-state index contributed by atoms with van der Waals surface area (Å²) in [6.07, 6.45) is -2.30. The van der Waals surface area contributed by atoms with Gasteiger partial charge in [0.2, 0.25) is 0 Å². The molecule has 1 atom stereocenters. The molecule has 0 saturated heterocycles. The van der Waals surface area contributed by atoms with Crippen molar-refractivity contribution in [3.8, 4) is 0 Å². The first-order valence-electron chi connectivity index (χ1n) is 6.30. The van der Waals surface area contributed by atoms with Gasteiger partial charge in [0, 0.05) is 7.05 Å². The van der Waals surface area contributed by atoms with Crippen LogP contribution in [0.2, 0.25) is 0 Å². The lowest BCUT2D eigenvalue weighted by molar-refractivity contribution is -0.137. The number of rotatable bonds is 4. The van der Waals surface area contributed by atoms with Crippen molar-refractivity contribution in [1.29, 1.82) is 0 Å². The summed E-state index contributed by atoms with van der Waals surface area (Å²) in [5.41, 5.74) is -0.147. The Labute approximate surface area is 125 Å². The molecule has 1 N–H and O–H groups in total. The van der Waals surface area contributed by atoms with E-state index in [9.17, 15) is 18.0 Å². The zero-order valence-corrected chi connectivity index (χ0v) is 12.1. The fraction of sp³-hybridized carbons (Fsp3) is 0.267. The van der Waals surface area contributed by atoms with Crippen molar-refractivity contribution in [3.05, 3.63) is 53.1 Å². The second-order valence-electron chi connectivity index (χ2n) is 4.53. The number of thioether (sulfide) groups is 1. The number of nitrogens with one attached hydrogen (secondary N) is 1. The van der Waals surface area contributed by atoms with E-state index in [0.717, 1.165) is 12.1 Å². The summed E-state index contributed by atoms with van der Waals surface area (Å²) in [5, 5.41) is 3.17. The van der Waals surface area contributed by atoms with Gasteiger partial charge in [0.05, 0.1) is 21.4 Å². The molecule has 1 heterocycles. The molecule has 1 aliphatic rings. The highest BCUT2D eigenvalue weighted by Crippen LogP contribution is 2.41. The topological polar surface area (TPSA) is 29.1 Å². The molecular weight excluding hydrogens is 299 g/mol. The van der Waals surface area contributed by atoms with Gasteiger partial charge < -0.3 is 5.32 Å². The molecule has 112 valence electrons. The fourth-order valence-electron chi connectivity index (χ4n) is 2.14. The van der Waals surface area contributed by atoms with Gasteiger partial charge in [0.1, 0.15) is 0 Å². The van der Waals surface area contributed by atoms with Crippen molar-refractivity contribution in [3.63, 3.8) is 0 Å². The second-order valence-corrected chi connectivity index (χ2v) is 5.74. The van der Waals surface area contributed by atoms with Crippen molar-refractivity contribution in [2.75, 3.05) is 7.05 Å². The maximum absolute atomic E-state index is 12.8. The molecular formula is C15H14F3NOS. The number of hydrogen-bond donors (Lipinski definition) is 1. The molecule has 0 saturated carbocycles. The summed E-state index contributed by atoms with van der Waals surface area (Å²) in [6.45, 7) is 3.60. The van der Waals surface area contributed by atoms with E-state index in [1.807, 2.05) is 0 Å². The number of benzene rings is 1. The molecule has 2 nitrogen and oxygen atoms in total. The Bertz CT molecular complexity index is 607. The van der Waals surface area contributed by atoms with E-state index in [1.165, 1.54) is 23.9 Å². The number of Topliss-reactive ketones (excluding diaryl/α,β-unsaturated/α-hetero) is 1. The third kappa shape index (κ3) is 3.15. The van der Waals surface area contributed by atoms with Gasteiger partial charge in [-0.1, -0.05) is 30.0 Å². The number of hydrogen-bond acceptors (Lipinski definition) is 3. The average Bonchev–Trinajstić information content (AvgIpc) is 2.75. The van der Waals surface area contributed by atoms with Crippen LogP contribution in [0.4, 0.5) is 13.2 Å². The highest BCUT2D eigenvalue weighted by Gasteiger charge is 2.35.